The van der Waals surface area contributed by atoms with Gasteiger partial charge in [-0.25, -0.2) is 9.78 Å². The van der Waals surface area contributed by atoms with Crippen molar-refractivity contribution in [3.63, 3.8) is 0 Å². The third-order valence-electron chi connectivity index (χ3n) is 3.22. The van der Waals surface area contributed by atoms with E-state index in [1.54, 1.807) is 6.20 Å². The normalized spacial score (nSPS) is 19.9. The van der Waals surface area contributed by atoms with Crippen LogP contribution in [0.2, 0.25) is 10.2 Å². The first-order chi connectivity index (χ1) is 9.06. The number of aromatic nitrogens is 1. The molecule has 1 amide bonds. The maximum Gasteiger partial charge on any atom is 0.435 e. The zero-order chi connectivity index (χ0) is 13.5. The molecule has 1 fully saturated rings. The predicted molar refractivity (Wildman–Crippen MR) is 71.8 cm³/mol. The number of hydrogen-bond donors (Lipinski definition) is 1. The van der Waals surface area contributed by atoms with Crippen LogP contribution < -0.4 is 5.32 Å². The molecule has 100 valence electrons. The molecule has 1 aliphatic carbocycles. The Hall–Kier alpha value is -1.33. The van der Waals surface area contributed by atoms with Gasteiger partial charge in [-0.1, -0.05) is 23.2 Å². The van der Waals surface area contributed by atoms with Crippen LogP contribution in [0.5, 0.6) is 0 Å². The van der Waals surface area contributed by atoms with E-state index in [9.17, 15) is 4.79 Å². The van der Waals surface area contributed by atoms with Gasteiger partial charge < -0.3 is 10.1 Å². The van der Waals surface area contributed by atoms with Gasteiger partial charge in [0.05, 0.1) is 5.02 Å². The minimum Gasteiger partial charge on any atom is -0.440 e. The summed E-state index contributed by atoms with van der Waals surface area (Å²) < 4.78 is 4.77. The molecule has 7 heteroatoms. The molecule has 5 nitrogen and oxygen atoms in total. The second-order valence-electron chi connectivity index (χ2n) is 4.81. The van der Waals surface area contributed by atoms with Gasteiger partial charge in [-0.2, -0.15) is 4.99 Å². The van der Waals surface area contributed by atoms with E-state index in [0.717, 1.165) is 24.8 Å². The summed E-state index contributed by atoms with van der Waals surface area (Å²) in [6.45, 7) is 0.222. The van der Waals surface area contributed by atoms with Crippen LogP contribution in [-0.4, -0.2) is 29.1 Å². The number of nitrogens with zero attached hydrogens (tertiary/aromatic N) is 2. The van der Waals surface area contributed by atoms with Gasteiger partial charge >= 0.3 is 6.09 Å². The summed E-state index contributed by atoms with van der Waals surface area (Å²) in [5.74, 6) is 0.593. The lowest BCUT2D eigenvalue weighted by molar-refractivity contribution is 0.180. The van der Waals surface area contributed by atoms with Gasteiger partial charge in [-0.3, -0.25) is 0 Å². The average Bonchev–Trinajstić information content (AvgIpc) is 2.98. The van der Waals surface area contributed by atoms with Crippen LogP contribution in [0, 0.1) is 0 Å². The lowest BCUT2D eigenvalue weighted by Crippen LogP contribution is -2.39. The topological polar surface area (TPSA) is 63.6 Å². The molecule has 0 spiro atoms. The Labute approximate surface area is 120 Å². The van der Waals surface area contributed by atoms with Crippen molar-refractivity contribution in [2.24, 2.45) is 4.99 Å². The van der Waals surface area contributed by atoms with Gasteiger partial charge in [0.15, 0.2) is 6.61 Å². The summed E-state index contributed by atoms with van der Waals surface area (Å²) in [5, 5.41) is 4.04. The molecule has 0 unspecified atom stereocenters. The fraction of sp³-hybridized carbons (Fsp3) is 0.417. The molecule has 2 heterocycles. The number of hydrogen-bond acceptors (Lipinski definition) is 4. The van der Waals surface area contributed by atoms with E-state index in [4.69, 9.17) is 27.9 Å². The molecular formula is C12H11Cl2N3O2. The standard InChI is InChI=1S/C12H11Cl2N3O2/c13-8-3-7(5-15-10(8)14)4-12(1-2-12)17-9-6-19-11(18)16-9/h3,5H,1-2,4,6H2,(H,16,17,18). The third kappa shape index (κ3) is 2.82. The second-order valence-corrected chi connectivity index (χ2v) is 5.58. The Morgan fingerprint density at radius 2 is 2.21 bits per heavy atom. The first-order valence-corrected chi connectivity index (χ1v) is 6.64. The lowest BCUT2D eigenvalue weighted by Gasteiger charge is -2.17. The lowest BCUT2D eigenvalue weighted by atomic mass is 10.1. The van der Waals surface area contributed by atoms with Crippen molar-refractivity contribution in [1.82, 2.24) is 10.3 Å². The monoisotopic (exact) mass is 299 g/mol. The van der Waals surface area contributed by atoms with Crippen LogP contribution in [0.3, 0.4) is 0 Å². The van der Waals surface area contributed by atoms with Crippen LogP contribution >= 0.6 is 23.2 Å². The van der Waals surface area contributed by atoms with E-state index in [1.165, 1.54) is 0 Å². The van der Waals surface area contributed by atoms with Gasteiger partial charge in [0.2, 0.25) is 0 Å². The molecule has 0 radical (unpaired) electrons. The van der Waals surface area contributed by atoms with Gasteiger partial charge in [0, 0.05) is 11.7 Å². The first kappa shape index (κ1) is 12.7. The average molecular weight is 300 g/mol. The third-order valence-corrected chi connectivity index (χ3v) is 3.90. The van der Waals surface area contributed by atoms with Gasteiger partial charge in [-0.15, -0.1) is 0 Å². The fourth-order valence-corrected chi connectivity index (χ4v) is 2.41. The summed E-state index contributed by atoms with van der Waals surface area (Å²) in [4.78, 5) is 18.7. The van der Waals surface area contributed by atoms with E-state index in [1.807, 2.05) is 6.07 Å². The molecule has 2 aliphatic rings. The van der Waals surface area contributed by atoms with Crippen LogP contribution in [0.4, 0.5) is 4.79 Å². The maximum atomic E-state index is 10.9. The molecular weight excluding hydrogens is 289 g/mol. The highest BCUT2D eigenvalue weighted by molar-refractivity contribution is 6.41. The van der Waals surface area contributed by atoms with E-state index < -0.39 is 6.09 Å². The number of rotatable bonds is 3. The van der Waals surface area contributed by atoms with Crippen molar-refractivity contribution in [2.45, 2.75) is 24.8 Å². The summed E-state index contributed by atoms with van der Waals surface area (Å²) in [7, 11) is 0. The minimum absolute atomic E-state index is 0.0638. The number of amides is 1. The van der Waals surface area contributed by atoms with Gasteiger partial charge in [-0.05, 0) is 30.9 Å². The zero-order valence-corrected chi connectivity index (χ0v) is 11.5. The van der Waals surface area contributed by atoms with E-state index in [2.05, 4.69) is 15.3 Å². The first-order valence-electron chi connectivity index (χ1n) is 5.89. The van der Waals surface area contributed by atoms with Crippen LogP contribution in [-0.2, 0) is 11.2 Å². The number of ether oxygens (including phenoxy) is 1. The van der Waals surface area contributed by atoms with Crippen molar-refractivity contribution in [3.8, 4) is 0 Å². The largest absolute Gasteiger partial charge is 0.440 e. The predicted octanol–water partition coefficient (Wildman–Crippen LogP) is 2.60. The number of cyclic esters (lactones) is 1. The van der Waals surface area contributed by atoms with E-state index in [0.29, 0.717) is 16.0 Å². The molecule has 0 atom stereocenters. The van der Waals surface area contributed by atoms with E-state index >= 15 is 0 Å². The summed E-state index contributed by atoms with van der Waals surface area (Å²) in [5.41, 5.74) is 0.941. The Balaban J connectivity index is 1.70. The molecule has 1 aromatic heterocycles. The Bertz CT molecular complexity index is 570. The molecule has 1 saturated carbocycles. The van der Waals surface area contributed by atoms with Crippen molar-refractivity contribution in [3.05, 3.63) is 28.0 Å². The quantitative estimate of drug-likeness (QED) is 0.872. The number of carbonyl (C=O) groups is 1. The molecule has 1 aromatic rings. The zero-order valence-electron chi connectivity index (χ0n) is 9.95. The maximum absolute atomic E-state index is 10.9. The highest BCUT2D eigenvalue weighted by Gasteiger charge is 2.44. The Morgan fingerprint density at radius 3 is 2.79 bits per heavy atom. The number of halogens is 2. The fourth-order valence-electron chi connectivity index (χ4n) is 2.12. The number of carbonyl (C=O) groups excluding carboxylic acids is 1. The molecule has 0 saturated heterocycles. The minimum atomic E-state index is -0.533. The Kier molecular flexibility index (Phi) is 3.11. The van der Waals surface area contributed by atoms with Crippen LogP contribution in [0.1, 0.15) is 18.4 Å². The number of pyridine rings is 1. The summed E-state index contributed by atoms with van der Waals surface area (Å²) >= 11 is 11.7. The summed E-state index contributed by atoms with van der Waals surface area (Å²) in [6, 6.07) is 1.82. The molecule has 19 heavy (non-hydrogen) atoms. The van der Waals surface area contributed by atoms with E-state index in [-0.39, 0.29) is 12.1 Å². The van der Waals surface area contributed by atoms with Gasteiger partial charge in [0.1, 0.15) is 11.0 Å². The Morgan fingerprint density at radius 1 is 1.42 bits per heavy atom. The number of aliphatic imine (C=N–C) groups is 1. The highest BCUT2D eigenvalue weighted by atomic mass is 35.5. The van der Waals surface area contributed by atoms with Crippen molar-refractivity contribution in [1.29, 1.82) is 0 Å². The number of nitrogens with one attached hydrogen (secondary N) is 1. The molecule has 0 aromatic carbocycles. The molecule has 3 rings (SSSR count). The molecule has 1 aliphatic heterocycles. The van der Waals surface area contributed by atoms with Crippen molar-refractivity contribution in [2.75, 3.05) is 6.61 Å². The highest BCUT2D eigenvalue weighted by Crippen LogP contribution is 2.39. The van der Waals surface area contributed by atoms with Gasteiger partial charge in [0.25, 0.3) is 0 Å². The molecule has 0 bridgehead atoms. The van der Waals surface area contributed by atoms with Crippen molar-refractivity contribution < 1.29 is 9.53 Å². The summed E-state index contributed by atoms with van der Waals surface area (Å²) in [6.07, 6.45) is 3.98. The van der Waals surface area contributed by atoms with Crippen LogP contribution in [0.25, 0.3) is 0 Å². The molecule has 1 N–H and O–H groups in total. The van der Waals surface area contributed by atoms with Crippen molar-refractivity contribution >= 4 is 35.1 Å². The number of amidine groups is 1. The smallest absolute Gasteiger partial charge is 0.435 e. The van der Waals surface area contributed by atoms with Crippen LogP contribution in [0.15, 0.2) is 17.3 Å². The second kappa shape index (κ2) is 4.65. The SMILES string of the molecule is O=C1N=C(NC2(Cc3cnc(Cl)c(Cl)c3)CC2)CO1.